The van der Waals surface area contributed by atoms with Gasteiger partial charge in [0, 0.05) is 30.2 Å². The molecule has 1 spiro atoms. The molecule has 1 saturated carbocycles. The minimum Gasteiger partial charge on any atom is -0.312 e. The first-order chi connectivity index (χ1) is 14.4. The first-order valence-corrected chi connectivity index (χ1v) is 10.2. The maximum absolute atomic E-state index is 13.6. The number of halogens is 2. The van der Waals surface area contributed by atoms with Crippen molar-refractivity contribution in [3.8, 4) is 0 Å². The van der Waals surface area contributed by atoms with Crippen molar-refractivity contribution in [3.05, 3.63) is 59.4 Å². The second-order valence-electron chi connectivity index (χ2n) is 8.22. The van der Waals surface area contributed by atoms with Gasteiger partial charge in [-0.05, 0) is 62.8 Å². The van der Waals surface area contributed by atoms with Gasteiger partial charge in [0.15, 0.2) is 0 Å². The molecule has 1 aromatic heterocycles. The normalized spacial score (nSPS) is 24.2. The molecule has 2 atom stereocenters. The predicted octanol–water partition coefficient (Wildman–Crippen LogP) is 4.49. The van der Waals surface area contributed by atoms with Crippen molar-refractivity contribution < 1.29 is 18.4 Å². The zero-order valence-corrected chi connectivity index (χ0v) is 16.8. The van der Waals surface area contributed by atoms with Crippen LogP contribution < -0.4 is 4.90 Å². The molecule has 5 nitrogen and oxygen atoms in total. The third-order valence-corrected chi connectivity index (χ3v) is 6.07. The van der Waals surface area contributed by atoms with Gasteiger partial charge in [-0.15, -0.1) is 0 Å². The van der Waals surface area contributed by atoms with E-state index in [2.05, 4.69) is 9.98 Å². The molecular formula is C23H23F2N3O2. The van der Waals surface area contributed by atoms with E-state index in [1.807, 2.05) is 13.0 Å². The van der Waals surface area contributed by atoms with Crippen molar-refractivity contribution in [2.45, 2.75) is 39.0 Å². The van der Waals surface area contributed by atoms with Gasteiger partial charge in [-0.1, -0.05) is 12.5 Å². The van der Waals surface area contributed by atoms with E-state index in [4.69, 9.17) is 0 Å². The summed E-state index contributed by atoms with van der Waals surface area (Å²) in [5, 5.41) is 0. The topological polar surface area (TPSA) is 62.6 Å². The average Bonchev–Trinajstić information content (AvgIpc) is 3.01. The van der Waals surface area contributed by atoms with E-state index in [-0.39, 0.29) is 17.5 Å². The van der Waals surface area contributed by atoms with Gasteiger partial charge in [-0.2, -0.15) is 0 Å². The third-order valence-electron chi connectivity index (χ3n) is 6.07. The fourth-order valence-electron chi connectivity index (χ4n) is 4.62. The van der Waals surface area contributed by atoms with Crippen LogP contribution in [0.25, 0.3) is 0 Å². The van der Waals surface area contributed by atoms with E-state index < -0.39 is 23.0 Å². The van der Waals surface area contributed by atoms with Crippen LogP contribution >= 0.6 is 0 Å². The summed E-state index contributed by atoms with van der Waals surface area (Å²) in [4.78, 5) is 35.3. The Morgan fingerprint density at radius 1 is 1.23 bits per heavy atom. The zero-order valence-electron chi connectivity index (χ0n) is 16.8. The number of anilines is 1. The molecule has 4 rings (SSSR count). The number of nitrogens with zero attached hydrogens (tertiary/aromatic N) is 3. The van der Waals surface area contributed by atoms with E-state index in [0.29, 0.717) is 25.1 Å². The number of hydrogen-bond acceptors (Lipinski definition) is 3. The molecule has 2 aromatic rings. The Morgan fingerprint density at radius 2 is 2.00 bits per heavy atom. The van der Waals surface area contributed by atoms with Crippen LogP contribution in [0.4, 0.5) is 14.5 Å². The molecular weight excluding hydrogens is 388 g/mol. The van der Waals surface area contributed by atoms with Gasteiger partial charge in [-0.3, -0.25) is 9.59 Å². The summed E-state index contributed by atoms with van der Waals surface area (Å²) in [6.45, 7) is 2.24. The molecule has 7 heteroatoms. The van der Waals surface area contributed by atoms with Gasteiger partial charge >= 0.3 is 0 Å². The lowest BCUT2D eigenvalue weighted by Crippen LogP contribution is -2.38. The van der Waals surface area contributed by atoms with E-state index in [9.17, 15) is 18.4 Å². The highest BCUT2D eigenvalue weighted by atomic mass is 19.1. The van der Waals surface area contributed by atoms with Gasteiger partial charge in [0.25, 0.3) is 5.91 Å². The molecule has 0 bridgehead atoms. The Labute approximate surface area is 173 Å². The van der Waals surface area contributed by atoms with E-state index in [0.717, 1.165) is 31.0 Å². The fourth-order valence-corrected chi connectivity index (χ4v) is 4.62. The number of benzene rings is 1. The van der Waals surface area contributed by atoms with Crippen LogP contribution in [0.3, 0.4) is 0 Å². The second-order valence-corrected chi connectivity index (χ2v) is 8.22. The number of pyridine rings is 1. The third kappa shape index (κ3) is 4.01. The molecule has 2 aliphatic rings. The van der Waals surface area contributed by atoms with Crippen molar-refractivity contribution in [1.29, 1.82) is 0 Å². The SMILES string of the molecule is Cc1cccc(C(=O)N=CC2CCC[C@]3(CCN(c4cc(F)cc(F)c4)C3=O)C2)n1. The van der Waals surface area contributed by atoms with Crippen LogP contribution in [0, 0.1) is 29.9 Å². The first-order valence-electron chi connectivity index (χ1n) is 10.2. The summed E-state index contributed by atoms with van der Waals surface area (Å²) >= 11 is 0. The van der Waals surface area contributed by atoms with Gasteiger partial charge in [0.1, 0.15) is 17.3 Å². The Morgan fingerprint density at radius 3 is 2.73 bits per heavy atom. The molecule has 1 unspecified atom stereocenters. The van der Waals surface area contributed by atoms with Crippen LogP contribution in [-0.4, -0.2) is 29.6 Å². The first kappa shape index (κ1) is 20.3. The molecule has 30 heavy (non-hydrogen) atoms. The monoisotopic (exact) mass is 411 g/mol. The molecule has 2 heterocycles. The number of amides is 2. The maximum Gasteiger partial charge on any atom is 0.295 e. The molecule has 156 valence electrons. The number of aliphatic imine (C=N–C) groups is 1. The van der Waals surface area contributed by atoms with Crippen molar-refractivity contribution in [2.24, 2.45) is 16.3 Å². The molecule has 1 saturated heterocycles. The number of carbonyl (C=O) groups excluding carboxylic acids is 2. The number of hydrogen-bond donors (Lipinski definition) is 0. The van der Waals surface area contributed by atoms with E-state index >= 15 is 0 Å². The Bertz CT molecular complexity index is 1000. The maximum atomic E-state index is 13.6. The highest BCUT2D eigenvalue weighted by Crippen LogP contribution is 2.47. The largest absolute Gasteiger partial charge is 0.312 e. The van der Waals surface area contributed by atoms with E-state index in [1.54, 1.807) is 18.3 Å². The lowest BCUT2D eigenvalue weighted by molar-refractivity contribution is -0.127. The second kappa shape index (κ2) is 8.05. The minimum absolute atomic E-state index is 0.000606. The molecule has 2 fully saturated rings. The number of aryl methyl sites for hydroxylation is 1. The summed E-state index contributed by atoms with van der Waals surface area (Å²) < 4.78 is 27.2. The van der Waals surface area contributed by atoms with E-state index in [1.165, 1.54) is 17.0 Å². The van der Waals surface area contributed by atoms with Crippen LogP contribution in [0.15, 0.2) is 41.4 Å². The van der Waals surface area contributed by atoms with Crippen LogP contribution in [0.1, 0.15) is 48.3 Å². The summed E-state index contributed by atoms with van der Waals surface area (Å²) in [5.74, 6) is -1.89. The molecule has 2 amide bonds. The smallest absolute Gasteiger partial charge is 0.295 e. The van der Waals surface area contributed by atoms with Crippen LogP contribution in [0.2, 0.25) is 0 Å². The Kier molecular flexibility index (Phi) is 5.45. The number of carbonyl (C=O) groups is 2. The van der Waals surface area contributed by atoms with Gasteiger partial charge in [-0.25, -0.2) is 18.8 Å². The summed E-state index contributed by atoms with van der Waals surface area (Å²) in [6.07, 6.45) is 5.27. The zero-order chi connectivity index (χ0) is 21.3. The van der Waals surface area contributed by atoms with Gasteiger partial charge < -0.3 is 4.90 Å². The quantitative estimate of drug-likeness (QED) is 0.699. The van der Waals surface area contributed by atoms with Crippen molar-refractivity contribution >= 4 is 23.7 Å². The van der Waals surface area contributed by atoms with Crippen molar-refractivity contribution in [2.75, 3.05) is 11.4 Å². The fraction of sp³-hybridized carbons (Fsp3) is 0.391. The molecule has 1 aromatic carbocycles. The molecule has 0 N–H and O–H groups in total. The molecule has 1 aliphatic heterocycles. The highest BCUT2D eigenvalue weighted by molar-refractivity contribution is 6.01. The van der Waals surface area contributed by atoms with Crippen LogP contribution in [-0.2, 0) is 4.79 Å². The molecule has 1 aliphatic carbocycles. The lowest BCUT2D eigenvalue weighted by atomic mass is 9.69. The summed E-state index contributed by atoms with van der Waals surface area (Å²) in [7, 11) is 0. The van der Waals surface area contributed by atoms with Gasteiger partial charge in [0.2, 0.25) is 5.91 Å². The molecule has 0 radical (unpaired) electrons. The van der Waals surface area contributed by atoms with Gasteiger partial charge in [0.05, 0.1) is 5.41 Å². The lowest BCUT2D eigenvalue weighted by Gasteiger charge is -2.35. The standard InChI is InChI=1S/C23H23F2N3O2/c1-15-4-2-6-20(27-15)21(29)26-14-16-5-3-7-23(13-16)8-9-28(22(23)30)19-11-17(24)10-18(25)12-19/h2,4,6,10-12,14,16H,3,5,7-9,13H2,1H3/t16?,23-/m0/s1. The van der Waals surface area contributed by atoms with Crippen molar-refractivity contribution in [1.82, 2.24) is 4.98 Å². The summed E-state index contributed by atoms with van der Waals surface area (Å²) in [5.41, 5.74) is 0.736. The Hall–Kier alpha value is -2.96. The predicted molar refractivity (Wildman–Crippen MR) is 110 cm³/mol. The van der Waals surface area contributed by atoms with Crippen LogP contribution in [0.5, 0.6) is 0 Å². The average molecular weight is 411 g/mol. The summed E-state index contributed by atoms with van der Waals surface area (Å²) in [6, 6.07) is 8.39. The highest BCUT2D eigenvalue weighted by Gasteiger charge is 2.49. The Balaban J connectivity index is 1.48. The number of aromatic nitrogens is 1. The minimum atomic E-state index is -0.698. The number of rotatable bonds is 3. The van der Waals surface area contributed by atoms with Crippen molar-refractivity contribution in [3.63, 3.8) is 0 Å².